The third kappa shape index (κ3) is 6.36. The molecule has 0 heterocycles. The third-order valence-electron chi connectivity index (χ3n) is 2.05. The Morgan fingerprint density at radius 2 is 1.94 bits per heavy atom. The van der Waals surface area contributed by atoms with Crippen LogP contribution in [0.5, 0.6) is 0 Å². The molecule has 6 heteroatoms. The lowest BCUT2D eigenvalue weighted by atomic mass is 10.0. The molecule has 16 heavy (non-hydrogen) atoms. The fourth-order valence-corrected chi connectivity index (χ4v) is 1.34. The molecular formula is C10H20N2O4. The molecule has 0 fully saturated rings. The van der Waals surface area contributed by atoms with Crippen molar-refractivity contribution in [3.8, 4) is 0 Å². The average molecular weight is 232 g/mol. The van der Waals surface area contributed by atoms with Gasteiger partial charge in [0.2, 0.25) is 5.91 Å². The molecule has 5 N–H and O–H groups in total. The number of hydrogen-bond donors (Lipinski definition) is 4. The van der Waals surface area contributed by atoms with Gasteiger partial charge in [0.05, 0.1) is 25.1 Å². The summed E-state index contributed by atoms with van der Waals surface area (Å²) >= 11 is 0. The molecule has 2 unspecified atom stereocenters. The maximum Gasteiger partial charge on any atom is 0.305 e. The summed E-state index contributed by atoms with van der Waals surface area (Å²) in [4.78, 5) is 21.8. The number of aliphatic hydroxyl groups is 1. The van der Waals surface area contributed by atoms with Gasteiger partial charge in [0, 0.05) is 0 Å². The number of carbonyl (C=O) groups is 2. The summed E-state index contributed by atoms with van der Waals surface area (Å²) in [5.41, 5.74) is 5.38. The van der Waals surface area contributed by atoms with Crippen LogP contribution in [0.1, 0.15) is 26.7 Å². The van der Waals surface area contributed by atoms with Gasteiger partial charge in [0.15, 0.2) is 0 Å². The van der Waals surface area contributed by atoms with Crippen molar-refractivity contribution < 1.29 is 19.8 Å². The van der Waals surface area contributed by atoms with Crippen LogP contribution < -0.4 is 11.1 Å². The molecule has 1 amide bonds. The highest BCUT2D eigenvalue weighted by molar-refractivity contribution is 5.86. The van der Waals surface area contributed by atoms with Crippen molar-refractivity contribution in [2.24, 2.45) is 11.7 Å². The van der Waals surface area contributed by atoms with E-state index in [-0.39, 0.29) is 12.6 Å². The van der Waals surface area contributed by atoms with Gasteiger partial charge in [-0.15, -0.1) is 0 Å². The highest BCUT2D eigenvalue weighted by Gasteiger charge is 2.20. The molecule has 0 aromatic heterocycles. The lowest BCUT2D eigenvalue weighted by molar-refractivity contribution is -0.139. The summed E-state index contributed by atoms with van der Waals surface area (Å²) in [6.45, 7) is 3.75. The summed E-state index contributed by atoms with van der Waals surface area (Å²) in [6.07, 6.45) is 0.216. The van der Waals surface area contributed by atoms with Crippen LogP contribution in [0.3, 0.4) is 0 Å². The number of aliphatic hydroxyl groups excluding tert-OH is 1. The van der Waals surface area contributed by atoms with E-state index in [1.54, 1.807) is 0 Å². The first-order chi connectivity index (χ1) is 7.36. The Bertz CT molecular complexity index is 243. The summed E-state index contributed by atoms with van der Waals surface area (Å²) < 4.78 is 0. The molecule has 0 rings (SSSR count). The molecule has 6 nitrogen and oxygen atoms in total. The minimum absolute atomic E-state index is 0.177. The Morgan fingerprint density at radius 1 is 1.38 bits per heavy atom. The molecule has 0 aliphatic rings. The van der Waals surface area contributed by atoms with Gasteiger partial charge in [-0.1, -0.05) is 13.8 Å². The molecule has 0 saturated heterocycles. The molecule has 0 aromatic rings. The fraction of sp³-hybridized carbons (Fsp3) is 0.800. The van der Waals surface area contributed by atoms with E-state index in [1.165, 1.54) is 0 Å². The van der Waals surface area contributed by atoms with Crippen molar-refractivity contribution in [3.05, 3.63) is 0 Å². The largest absolute Gasteiger partial charge is 0.481 e. The van der Waals surface area contributed by atoms with Crippen molar-refractivity contribution in [2.75, 3.05) is 6.61 Å². The smallest absolute Gasteiger partial charge is 0.305 e. The number of carbonyl (C=O) groups excluding carboxylic acids is 1. The fourth-order valence-electron chi connectivity index (χ4n) is 1.34. The van der Waals surface area contributed by atoms with Gasteiger partial charge < -0.3 is 21.3 Å². The van der Waals surface area contributed by atoms with Crippen molar-refractivity contribution in [1.82, 2.24) is 5.32 Å². The topological polar surface area (TPSA) is 113 Å². The molecule has 2 atom stereocenters. The second-order valence-electron chi connectivity index (χ2n) is 4.22. The molecule has 0 aromatic carbocycles. The van der Waals surface area contributed by atoms with E-state index >= 15 is 0 Å². The van der Waals surface area contributed by atoms with Crippen molar-refractivity contribution in [3.63, 3.8) is 0 Å². The zero-order chi connectivity index (χ0) is 12.7. The van der Waals surface area contributed by atoms with Gasteiger partial charge in [0.25, 0.3) is 0 Å². The number of carboxylic acids is 1. The molecule has 0 saturated carbocycles. The highest BCUT2D eigenvalue weighted by Crippen LogP contribution is 2.04. The number of nitrogens with two attached hydrogens (primary N) is 1. The third-order valence-corrected chi connectivity index (χ3v) is 2.05. The van der Waals surface area contributed by atoms with Crippen LogP contribution in [0.15, 0.2) is 0 Å². The first-order valence-electron chi connectivity index (χ1n) is 5.25. The van der Waals surface area contributed by atoms with Crippen molar-refractivity contribution in [2.45, 2.75) is 38.8 Å². The second kappa shape index (κ2) is 7.19. The van der Waals surface area contributed by atoms with E-state index in [4.69, 9.17) is 15.9 Å². The normalized spacial score (nSPS) is 14.6. The quantitative estimate of drug-likeness (QED) is 0.464. The van der Waals surface area contributed by atoms with Crippen LogP contribution in [0.2, 0.25) is 0 Å². The molecular weight excluding hydrogens is 212 g/mol. The summed E-state index contributed by atoms with van der Waals surface area (Å²) in [6, 6.07) is -1.44. The van der Waals surface area contributed by atoms with Gasteiger partial charge in [-0.2, -0.15) is 0 Å². The van der Waals surface area contributed by atoms with Crippen LogP contribution >= 0.6 is 0 Å². The molecule has 0 radical (unpaired) electrons. The molecule has 0 aliphatic heterocycles. The van der Waals surface area contributed by atoms with Crippen molar-refractivity contribution in [1.29, 1.82) is 0 Å². The Balaban J connectivity index is 4.13. The second-order valence-corrected chi connectivity index (χ2v) is 4.22. The molecule has 94 valence electrons. The van der Waals surface area contributed by atoms with E-state index in [0.717, 1.165) is 0 Å². The van der Waals surface area contributed by atoms with E-state index in [9.17, 15) is 9.59 Å². The Kier molecular flexibility index (Phi) is 6.67. The van der Waals surface area contributed by atoms with E-state index < -0.39 is 24.3 Å². The lowest BCUT2D eigenvalue weighted by Crippen LogP contribution is -2.47. The number of amides is 1. The van der Waals surface area contributed by atoms with E-state index in [0.29, 0.717) is 12.3 Å². The Morgan fingerprint density at radius 3 is 2.31 bits per heavy atom. The maximum atomic E-state index is 11.4. The van der Waals surface area contributed by atoms with Crippen LogP contribution in [-0.4, -0.2) is 40.8 Å². The predicted molar refractivity (Wildman–Crippen MR) is 58.7 cm³/mol. The monoisotopic (exact) mass is 232 g/mol. The Hall–Kier alpha value is -1.14. The highest BCUT2D eigenvalue weighted by atomic mass is 16.4. The summed E-state index contributed by atoms with van der Waals surface area (Å²) in [7, 11) is 0. The van der Waals surface area contributed by atoms with Crippen LogP contribution in [0.25, 0.3) is 0 Å². The maximum absolute atomic E-state index is 11.4. The summed E-state index contributed by atoms with van der Waals surface area (Å²) in [5.74, 6) is -1.33. The van der Waals surface area contributed by atoms with Crippen molar-refractivity contribution >= 4 is 11.9 Å². The minimum atomic E-state index is -1.12. The Labute approximate surface area is 94.8 Å². The number of rotatable bonds is 7. The standard InChI is InChI=1S/C10H20N2O4/c1-6(2)3-7(5-13)12-10(16)8(11)4-9(14)15/h6-8,13H,3-5,11H2,1-2H3,(H,12,16)(H,14,15). The lowest BCUT2D eigenvalue weighted by Gasteiger charge is -2.20. The molecule has 0 bridgehead atoms. The van der Waals surface area contributed by atoms with Crippen LogP contribution in [0.4, 0.5) is 0 Å². The summed E-state index contributed by atoms with van der Waals surface area (Å²) in [5, 5.41) is 20.0. The number of carboxylic acid groups (broad SMARTS) is 1. The van der Waals surface area contributed by atoms with E-state index in [2.05, 4.69) is 5.32 Å². The van der Waals surface area contributed by atoms with Gasteiger partial charge >= 0.3 is 5.97 Å². The number of hydrogen-bond acceptors (Lipinski definition) is 4. The van der Waals surface area contributed by atoms with Crippen LogP contribution in [0, 0.1) is 5.92 Å². The molecule has 0 aliphatic carbocycles. The number of aliphatic carboxylic acids is 1. The van der Waals surface area contributed by atoms with E-state index in [1.807, 2.05) is 13.8 Å². The average Bonchev–Trinajstić information content (AvgIpc) is 2.14. The van der Waals surface area contributed by atoms with Gasteiger partial charge in [-0.25, -0.2) is 0 Å². The zero-order valence-electron chi connectivity index (χ0n) is 9.64. The number of nitrogens with one attached hydrogen (secondary N) is 1. The minimum Gasteiger partial charge on any atom is -0.481 e. The SMILES string of the molecule is CC(C)CC(CO)NC(=O)C(N)CC(=O)O. The first kappa shape index (κ1) is 14.9. The van der Waals surface area contributed by atoms with Gasteiger partial charge in [-0.05, 0) is 12.3 Å². The zero-order valence-corrected chi connectivity index (χ0v) is 9.64. The van der Waals surface area contributed by atoms with Gasteiger partial charge in [-0.3, -0.25) is 9.59 Å². The first-order valence-corrected chi connectivity index (χ1v) is 5.25. The van der Waals surface area contributed by atoms with Crippen LogP contribution in [-0.2, 0) is 9.59 Å². The predicted octanol–water partition coefficient (Wildman–Crippen LogP) is -0.688. The van der Waals surface area contributed by atoms with Gasteiger partial charge in [0.1, 0.15) is 0 Å². The molecule has 0 spiro atoms.